The Bertz CT molecular complexity index is 1090. The van der Waals surface area contributed by atoms with Crippen LogP contribution in [0.2, 0.25) is 0 Å². The molecule has 3 aromatic rings. The molecule has 1 atom stereocenters. The molecule has 0 radical (unpaired) electrons. The average Bonchev–Trinajstić information content (AvgIpc) is 3.22. The molecular weight excluding hydrogens is 405 g/mol. The Morgan fingerprint density at radius 1 is 1.28 bits per heavy atom. The zero-order valence-electron chi connectivity index (χ0n) is 16.1. The first-order valence-corrected chi connectivity index (χ1v) is 10.0. The van der Waals surface area contributed by atoms with Crippen molar-refractivity contribution in [2.45, 2.75) is 45.7 Å². The number of aromatic nitrogens is 3. The molecule has 6 nitrogen and oxygen atoms in total. The van der Waals surface area contributed by atoms with Crippen LogP contribution in [0.4, 0.5) is 13.2 Å². The molecule has 0 N–H and O–H groups in total. The molecule has 3 aromatic heterocycles. The first kappa shape index (κ1) is 19.8. The molecule has 1 aliphatic rings. The zero-order chi connectivity index (χ0) is 20.9. The van der Waals surface area contributed by atoms with E-state index in [9.17, 15) is 18.0 Å². The van der Waals surface area contributed by atoms with Gasteiger partial charge in [-0.1, -0.05) is 5.16 Å². The van der Waals surface area contributed by atoms with Crippen molar-refractivity contribution in [3.8, 4) is 0 Å². The molecule has 1 fully saturated rings. The topological polar surface area (TPSA) is 72.1 Å². The Balaban J connectivity index is 1.69. The van der Waals surface area contributed by atoms with Crippen LogP contribution in [0.15, 0.2) is 10.6 Å². The number of piperidine rings is 1. The van der Waals surface area contributed by atoms with Gasteiger partial charge in [-0.05, 0) is 39.7 Å². The Labute approximate surface area is 168 Å². The van der Waals surface area contributed by atoms with E-state index in [0.717, 1.165) is 11.1 Å². The zero-order valence-corrected chi connectivity index (χ0v) is 16.9. The monoisotopic (exact) mass is 424 g/mol. The summed E-state index contributed by atoms with van der Waals surface area (Å²) in [5.41, 5.74) is 0.183. The van der Waals surface area contributed by atoms with E-state index in [2.05, 4.69) is 15.1 Å². The third-order valence-electron chi connectivity index (χ3n) is 5.10. The Morgan fingerprint density at radius 3 is 2.69 bits per heavy atom. The first-order valence-electron chi connectivity index (χ1n) is 9.22. The minimum absolute atomic E-state index is 0.104. The minimum atomic E-state index is -4.55. The van der Waals surface area contributed by atoms with Crippen LogP contribution >= 0.6 is 11.3 Å². The van der Waals surface area contributed by atoms with Crippen molar-refractivity contribution in [1.29, 1.82) is 0 Å². The third-order valence-corrected chi connectivity index (χ3v) is 6.16. The van der Waals surface area contributed by atoms with Crippen LogP contribution < -0.4 is 0 Å². The van der Waals surface area contributed by atoms with Gasteiger partial charge in [0.25, 0.3) is 11.6 Å². The van der Waals surface area contributed by atoms with E-state index in [-0.39, 0.29) is 40.9 Å². The van der Waals surface area contributed by atoms with E-state index in [0.29, 0.717) is 30.0 Å². The maximum atomic E-state index is 13.6. The minimum Gasteiger partial charge on any atom is -0.337 e. The lowest BCUT2D eigenvalue weighted by Gasteiger charge is -2.31. The number of carbonyl (C=O) groups excluding carboxylic acids is 1. The Kier molecular flexibility index (Phi) is 4.84. The number of alkyl halides is 3. The van der Waals surface area contributed by atoms with Gasteiger partial charge >= 0.3 is 6.18 Å². The van der Waals surface area contributed by atoms with Gasteiger partial charge in [-0.2, -0.15) is 13.2 Å². The SMILES string of the molecule is Cc1cc(C(F)(F)F)c2c(C3CCCN(C(=O)c4sc(C)nc4C)C3)noc2n1. The summed E-state index contributed by atoms with van der Waals surface area (Å²) in [4.78, 5) is 23.5. The molecule has 29 heavy (non-hydrogen) atoms. The number of fused-ring (bicyclic) bond motifs is 1. The maximum Gasteiger partial charge on any atom is 0.417 e. The summed E-state index contributed by atoms with van der Waals surface area (Å²) in [6, 6.07) is 1.01. The number of likely N-dealkylation sites (tertiary alicyclic amines) is 1. The van der Waals surface area contributed by atoms with Gasteiger partial charge < -0.3 is 9.42 Å². The fourth-order valence-electron chi connectivity index (χ4n) is 3.86. The number of nitrogens with zero attached hydrogens (tertiary/aromatic N) is 4. The van der Waals surface area contributed by atoms with Crippen molar-refractivity contribution >= 4 is 28.3 Å². The van der Waals surface area contributed by atoms with Gasteiger partial charge in [0.1, 0.15) is 4.88 Å². The predicted octanol–water partition coefficient (Wildman–Crippen LogP) is 4.64. The fraction of sp³-hybridized carbons (Fsp3) is 0.474. The molecule has 4 rings (SSSR count). The largest absolute Gasteiger partial charge is 0.417 e. The number of aryl methyl sites for hydroxylation is 3. The molecule has 1 aliphatic heterocycles. The van der Waals surface area contributed by atoms with Gasteiger partial charge in [0, 0.05) is 24.7 Å². The molecule has 0 spiro atoms. The number of hydrogen-bond donors (Lipinski definition) is 0. The van der Waals surface area contributed by atoms with E-state index in [1.54, 1.807) is 11.8 Å². The molecule has 1 amide bonds. The summed E-state index contributed by atoms with van der Waals surface area (Å²) >= 11 is 1.33. The molecule has 0 aliphatic carbocycles. The fourth-order valence-corrected chi connectivity index (χ4v) is 4.74. The van der Waals surface area contributed by atoms with E-state index >= 15 is 0 Å². The van der Waals surface area contributed by atoms with Crippen molar-refractivity contribution in [3.05, 3.63) is 38.6 Å². The normalized spacial score (nSPS) is 17.9. The quantitative estimate of drug-likeness (QED) is 0.599. The third kappa shape index (κ3) is 3.61. The molecule has 0 saturated carbocycles. The second-order valence-electron chi connectivity index (χ2n) is 7.29. The second-order valence-corrected chi connectivity index (χ2v) is 8.50. The first-order chi connectivity index (χ1) is 13.6. The van der Waals surface area contributed by atoms with Gasteiger partial charge in [-0.3, -0.25) is 4.79 Å². The van der Waals surface area contributed by atoms with Crippen LogP contribution in [0.25, 0.3) is 11.1 Å². The number of pyridine rings is 1. The van der Waals surface area contributed by atoms with E-state index < -0.39 is 11.7 Å². The number of halogens is 3. The van der Waals surface area contributed by atoms with Crippen molar-refractivity contribution in [3.63, 3.8) is 0 Å². The standard InChI is InChI=1S/C19H19F3N4O2S/c1-9-7-13(19(20,21)22)14-15(25-28-17(14)23-9)12-5-4-6-26(8-12)18(27)16-10(2)24-11(3)29-16/h7,12H,4-6,8H2,1-3H3. The van der Waals surface area contributed by atoms with Gasteiger partial charge in [0.05, 0.1) is 27.3 Å². The molecular formula is C19H19F3N4O2S. The summed E-state index contributed by atoms with van der Waals surface area (Å²) in [5, 5.41) is 4.64. The van der Waals surface area contributed by atoms with Crippen molar-refractivity contribution < 1.29 is 22.5 Å². The molecule has 1 saturated heterocycles. The van der Waals surface area contributed by atoms with E-state index in [1.807, 2.05) is 6.92 Å². The van der Waals surface area contributed by atoms with E-state index in [1.165, 1.54) is 18.3 Å². The highest BCUT2D eigenvalue weighted by Crippen LogP contribution is 2.40. The van der Waals surface area contributed by atoms with Crippen LogP contribution in [0.1, 0.15) is 56.1 Å². The lowest BCUT2D eigenvalue weighted by atomic mass is 9.91. The van der Waals surface area contributed by atoms with Crippen LogP contribution in [-0.2, 0) is 6.18 Å². The molecule has 10 heteroatoms. The summed E-state index contributed by atoms with van der Waals surface area (Å²) < 4.78 is 46.0. The van der Waals surface area contributed by atoms with Gasteiger partial charge in [0.15, 0.2) is 0 Å². The van der Waals surface area contributed by atoms with Crippen LogP contribution in [0, 0.1) is 20.8 Å². The Morgan fingerprint density at radius 2 is 2.03 bits per heavy atom. The lowest BCUT2D eigenvalue weighted by Crippen LogP contribution is -2.39. The summed E-state index contributed by atoms with van der Waals surface area (Å²) in [6.45, 7) is 5.93. The highest BCUT2D eigenvalue weighted by atomic mass is 32.1. The molecule has 154 valence electrons. The van der Waals surface area contributed by atoms with Crippen molar-refractivity contribution in [2.24, 2.45) is 0 Å². The van der Waals surface area contributed by atoms with Crippen LogP contribution in [-0.4, -0.2) is 39.0 Å². The van der Waals surface area contributed by atoms with E-state index in [4.69, 9.17) is 4.52 Å². The Hall–Kier alpha value is -2.49. The molecule has 0 bridgehead atoms. The number of carbonyl (C=O) groups is 1. The maximum absolute atomic E-state index is 13.6. The molecule has 4 heterocycles. The number of thiazole rings is 1. The average molecular weight is 424 g/mol. The summed E-state index contributed by atoms with van der Waals surface area (Å²) in [5.74, 6) is -0.496. The predicted molar refractivity (Wildman–Crippen MR) is 101 cm³/mol. The van der Waals surface area contributed by atoms with Crippen LogP contribution in [0.3, 0.4) is 0 Å². The highest BCUT2D eigenvalue weighted by molar-refractivity contribution is 7.13. The molecule has 1 unspecified atom stereocenters. The smallest absolute Gasteiger partial charge is 0.337 e. The summed E-state index contributed by atoms with van der Waals surface area (Å²) in [6.07, 6.45) is -3.26. The van der Waals surface area contributed by atoms with Gasteiger partial charge in [-0.25, -0.2) is 9.97 Å². The highest BCUT2D eigenvalue weighted by Gasteiger charge is 2.38. The van der Waals surface area contributed by atoms with Gasteiger partial charge in [-0.15, -0.1) is 11.3 Å². The van der Waals surface area contributed by atoms with Gasteiger partial charge in [0.2, 0.25) is 0 Å². The van der Waals surface area contributed by atoms with Crippen molar-refractivity contribution in [1.82, 2.24) is 20.0 Å². The number of hydrogen-bond acceptors (Lipinski definition) is 6. The molecule has 0 aromatic carbocycles. The number of rotatable bonds is 2. The van der Waals surface area contributed by atoms with Crippen molar-refractivity contribution in [2.75, 3.05) is 13.1 Å². The second kappa shape index (κ2) is 7.08. The summed E-state index contributed by atoms with van der Waals surface area (Å²) in [7, 11) is 0. The lowest BCUT2D eigenvalue weighted by molar-refractivity contribution is -0.136. The van der Waals surface area contributed by atoms with Crippen LogP contribution in [0.5, 0.6) is 0 Å². The number of amides is 1.